The van der Waals surface area contributed by atoms with Crippen LogP contribution in [0.2, 0.25) is 5.02 Å². The number of halogens is 1. The van der Waals surface area contributed by atoms with Crippen LogP contribution in [0.5, 0.6) is 0 Å². The zero-order valence-corrected chi connectivity index (χ0v) is 18.5. The van der Waals surface area contributed by atoms with Gasteiger partial charge < -0.3 is 5.32 Å². The van der Waals surface area contributed by atoms with Gasteiger partial charge in [-0.1, -0.05) is 54.1 Å². The molecule has 1 fully saturated rings. The molecular formula is C23H22ClN3O3S. The minimum Gasteiger partial charge on any atom is -0.310 e. The number of carbonyl (C=O) groups is 1. The molecule has 0 unspecified atom stereocenters. The van der Waals surface area contributed by atoms with Crippen LogP contribution in [0.3, 0.4) is 0 Å². The lowest BCUT2D eigenvalue weighted by molar-refractivity contribution is -0.118. The average molecular weight is 456 g/mol. The molecule has 0 atom stereocenters. The van der Waals surface area contributed by atoms with Gasteiger partial charge in [-0.25, -0.2) is 18.1 Å². The molecule has 1 aliphatic carbocycles. The molecule has 1 aromatic heterocycles. The van der Waals surface area contributed by atoms with Crippen LogP contribution in [-0.2, 0) is 26.8 Å². The molecule has 0 spiro atoms. The molecule has 2 aromatic carbocycles. The Morgan fingerprint density at radius 2 is 1.71 bits per heavy atom. The first-order valence-electron chi connectivity index (χ1n) is 9.84. The summed E-state index contributed by atoms with van der Waals surface area (Å²) in [6.45, 7) is 0.232. The van der Waals surface area contributed by atoms with E-state index in [1.54, 1.807) is 18.2 Å². The topological polar surface area (TPSA) is 88.2 Å². The molecule has 0 aliphatic heterocycles. The van der Waals surface area contributed by atoms with Crippen molar-refractivity contribution in [3.8, 4) is 11.3 Å². The smallest absolute Gasteiger partial charge is 0.236 e. The van der Waals surface area contributed by atoms with Gasteiger partial charge in [-0.3, -0.25) is 4.79 Å². The first kappa shape index (κ1) is 21.5. The lowest BCUT2D eigenvalue weighted by atomic mass is 9.95. The Balaban J connectivity index is 1.47. The maximum atomic E-state index is 13.0. The number of aromatic nitrogens is 1. The molecule has 4 rings (SSSR count). The van der Waals surface area contributed by atoms with E-state index < -0.39 is 15.4 Å². The first-order valence-corrected chi connectivity index (χ1v) is 12.1. The number of benzene rings is 2. The largest absolute Gasteiger partial charge is 0.310 e. The summed E-state index contributed by atoms with van der Waals surface area (Å²) in [5.74, 6) is 0.423. The summed E-state index contributed by atoms with van der Waals surface area (Å²) < 4.78 is 24.9. The van der Waals surface area contributed by atoms with Gasteiger partial charge in [0.1, 0.15) is 5.82 Å². The maximum Gasteiger partial charge on any atom is 0.236 e. The van der Waals surface area contributed by atoms with E-state index in [1.807, 2.05) is 48.5 Å². The second kappa shape index (κ2) is 8.42. The summed E-state index contributed by atoms with van der Waals surface area (Å²) in [6.07, 6.45) is 2.72. The van der Waals surface area contributed by atoms with Crippen LogP contribution < -0.4 is 10.0 Å². The van der Waals surface area contributed by atoms with E-state index in [2.05, 4.69) is 15.0 Å². The summed E-state index contributed by atoms with van der Waals surface area (Å²) in [6, 6.07) is 20.3. The number of amides is 1. The highest BCUT2D eigenvalue weighted by molar-refractivity contribution is 7.88. The van der Waals surface area contributed by atoms with Crippen molar-refractivity contribution in [2.75, 3.05) is 11.6 Å². The fourth-order valence-electron chi connectivity index (χ4n) is 3.45. The third kappa shape index (κ3) is 5.12. The molecule has 31 heavy (non-hydrogen) atoms. The second-order valence-corrected chi connectivity index (χ2v) is 10.0. The monoisotopic (exact) mass is 455 g/mol. The minimum absolute atomic E-state index is 0.0679. The van der Waals surface area contributed by atoms with Crippen molar-refractivity contribution in [3.05, 3.63) is 82.9 Å². The quantitative estimate of drug-likeness (QED) is 0.560. The number of anilines is 1. The van der Waals surface area contributed by atoms with Crippen LogP contribution >= 0.6 is 11.6 Å². The summed E-state index contributed by atoms with van der Waals surface area (Å²) in [7, 11) is -3.24. The Morgan fingerprint density at radius 3 is 2.32 bits per heavy atom. The van der Waals surface area contributed by atoms with Crippen molar-refractivity contribution >= 4 is 33.3 Å². The van der Waals surface area contributed by atoms with Gasteiger partial charge in [0, 0.05) is 17.1 Å². The Hall–Kier alpha value is -2.74. The van der Waals surface area contributed by atoms with Crippen LogP contribution in [0.1, 0.15) is 24.0 Å². The Labute approximate surface area is 186 Å². The molecule has 1 aliphatic rings. The number of rotatable bonds is 7. The third-order valence-corrected chi connectivity index (χ3v) is 6.28. The van der Waals surface area contributed by atoms with Gasteiger partial charge in [-0.05, 0) is 48.2 Å². The number of pyridine rings is 1. The molecule has 1 saturated carbocycles. The molecule has 0 bridgehead atoms. The molecule has 1 heterocycles. The normalized spacial score (nSPS) is 14.8. The van der Waals surface area contributed by atoms with Gasteiger partial charge in [-0.15, -0.1) is 0 Å². The van der Waals surface area contributed by atoms with E-state index in [0.29, 0.717) is 10.8 Å². The van der Waals surface area contributed by atoms with E-state index >= 15 is 0 Å². The fraction of sp³-hybridized carbons (Fsp3) is 0.217. The van der Waals surface area contributed by atoms with Gasteiger partial charge in [0.05, 0.1) is 17.4 Å². The Morgan fingerprint density at radius 1 is 1.03 bits per heavy atom. The van der Waals surface area contributed by atoms with E-state index in [1.165, 1.54) is 0 Å². The van der Waals surface area contributed by atoms with Gasteiger partial charge in [0.25, 0.3) is 0 Å². The van der Waals surface area contributed by atoms with Gasteiger partial charge in [0.2, 0.25) is 15.9 Å². The summed E-state index contributed by atoms with van der Waals surface area (Å²) >= 11 is 5.97. The van der Waals surface area contributed by atoms with E-state index in [0.717, 1.165) is 41.5 Å². The molecule has 2 N–H and O–H groups in total. The van der Waals surface area contributed by atoms with Crippen molar-refractivity contribution in [1.29, 1.82) is 0 Å². The van der Waals surface area contributed by atoms with Gasteiger partial charge in [0.15, 0.2) is 0 Å². The average Bonchev–Trinajstić information content (AvgIpc) is 3.55. The molecule has 0 saturated heterocycles. The molecule has 6 nitrogen and oxygen atoms in total. The third-order valence-electron chi connectivity index (χ3n) is 5.36. The predicted octanol–water partition coefficient (Wildman–Crippen LogP) is 4.12. The molecule has 8 heteroatoms. The summed E-state index contributed by atoms with van der Waals surface area (Å²) in [5.41, 5.74) is 2.88. The second-order valence-electron chi connectivity index (χ2n) is 7.74. The van der Waals surface area contributed by atoms with Crippen LogP contribution in [0.4, 0.5) is 5.82 Å². The predicted molar refractivity (Wildman–Crippen MR) is 122 cm³/mol. The molecule has 160 valence electrons. The summed E-state index contributed by atoms with van der Waals surface area (Å²) in [5, 5.41) is 3.60. The van der Waals surface area contributed by atoms with Gasteiger partial charge in [-0.2, -0.15) is 0 Å². The maximum absolute atomic E-state index is 13.0. The molecular weight excluding hydrogens is 434 g/mol. The minimum atomic E-state index is -3.24. The number of nitrogens with one attached hydrogen (secondary N) is 2. The first-order chi connectivity index (χ1) is 14.7. The van der Waals surface area contributed by atoms with Crippen molar-refractivity contribution in [2.45, 2.75) is 24.8 Å². The van der Waals surface area contributed by atoms with E-state index in [9.17, 15) is 13.2 Å². The van der Waals surface area contributed by atoms with Crippen LogP contribution in [0.15, 0.2) is 66.7 Å². The lowest BCUT2D eigenvalue weighted by Crippen LogP contribution is -2.28. The van der Waals surface area contributed by atoms with Gasteiger partial charge >= 0.3 is 0 Å². The van der Waals surface area contributed by atoms with Crippen LogP contribution in [0.25, 0.3) is 11.3 Å². The van der Waals surface area contributed by atoms with Crippen molar-refractivity contribution in [1.82, 2.24) is 9.71 Å². The number of sulfonamides is 1. The van der Waals surface area contributed by atoms with Crippen molar-refractivity contribution < 1.29 is 13.2 Å². The van der Waals surface area contributed by atoms with Crippen LogP contribution in [-0.4, -0.2) is 25.6 Å². The van der Waals surface area contributed by atoms with E-state index in [-0.39, 0.29) is 12.5 Å². The molecule has 1 amide bonds. The van der Waals surface area contributed by atoms with E-state index in [4.69, 9.17) is 11.6 Å². The highest BCUT2D eigenvalue weighted by atomic mass is 35.5. The Bertz CT molecular complexity index is 1210. The summed E-state index contributed by atoms with van der Waals surface area (Å²) in [4.78, 5) is 17.6. The molecule has 0 radical (unpaired) electrons. The molecule has 3 aromatic rings. The zero-order valence-electron chi connectivity index (χ0n) is 16.9. The van der Waals surface area contributed by atoms with Crippen molar-refractivity contribution in [3.63, 3.8) is 0 Å². The lowest BCUT2D eigenvalue weighted by Gasteiger charge is -2.16. The van der Waals surface area contributed by atoms with Crippen molar-refractivity contribution in [2.24, 2.45) is 0 Å². The standard InChI is InChI=1S/C23H22ClN3O3S/c1-31(29,30)25-15-16-5-7-17(8-6-16)20-3-2-4-21(26-20)27-22(28)23(13-14-23)18-9-11-19(24)12-10-18/h2-12,25H,13-15H2,1H3,(H,26,27,28). The number of hydrogen-bond donors (Lipinski definition) is 2. The number of hydrogen-bond acceptors (Lipinski definition) is 4. The number of nitrogens with zero attached hydrogens (tertiary/aromatic N) is 1. The highest BCUT2D eigenvalue weighted by Crippen LogP contribution is 2.49. The highest BCUT2D eigenvalue weighted by Gasteiger charge is 2.51. The van der Waals surface area contributed by atoms with Crippen LogP contribution in [0, 0.1) is 0 Å². The fourth-order valence-corrected chi connectivity index (χ4v) is 4.00. The zero-order chi connectivity index (χ0) is 22.1. The SMILES string of the molecule is CS(=O)(=O)NCc1ccc(-c2cccc(NC(=O)C3(c4ccc(Cl)cc4)CC3)n2)cc1. The number of carbonyl (C=O) groups excluding carboxylic acids is 1. The Kier molecular flexibility index (Phi) is 5.83.